The molecule has 164 valence electrons. The molecule has 0 aliphatic carbocycles. The van der Waals surface area contributed by atoms with E-state index in [-0.39, 0.29) is 47.4 Å². The summed E-state index contributed by atoms with van der Waals surface area (Å²) in [5, 5.41) is -0.339. The number of aromatic nitrogens is 1. The molecule has 2 atom stereocenters. The van der Waals surface area contributed by atoms with Crippen molar-refractivity contribution in [1.29, 1.82) is 0 Å². The summed E-state index contributed by atoms with van der Waals surface area (Å²) in [7, 11) is 0. The Bertz CT molecular complexity index is 1170. The summed E-state index contributed by atoms with van der Waals surface area (Å²) in [6.07, 6.45) is 2.79. The molecule has 7 nitrogen and oxygen atoms in total. The van der Waals surface area contributed by atoms with Gasteiger partial charge in [0.2, 0.25) is 5.91 Å². The van der Waals surface area contributed by atoms with Gasteiger partial charge in [0.15, 0.2) is 0 Å². The highest BCUT2D eigenvalue weighted by Gasteiger charge is 2.38. The minimum absolute atomic E-state index is 0.0138. The second-order valence-electron chi connectivity index (χ2n) is 8.49. The van der Waals surface area contributed by atoms with Crippen LogP contribution in [-0.4, -0.2) is 51.1 Å². The van der Waals surface area contributed by atoms with Crippen LogP contribution in [0.15, 0.2) is 58.2 Å². The normalized spacial score (nSPS) is 23.6. The third-order valence-corrected chi connectivity index (χ3v) is 7.26. The number of fused-ring (bicyclic) bond motifs is 4. The molecule has 2 aromatic rings. The van der Waals surface area contributed by atoms with Crippen LogP contribution in [0.4, 0.5) is 4.79 Å². The van der Waals surface area contributed by atoms with Gasteiger partial charge in [-0.05, 0) is 41.8 Å². The number of likely N-dealkylation sites (tertiary alicyclic amines) is 1. The van der Waals surface area contributed by atoms with Crippen molar-refractivity contribution in [3.05, 3.63) is 75.0 Å². The molecular formula is C24H23N3O4S. The molecule has 0 saturated carbocycles. The lowest BCUT2D eigenvalue weighted by atomic mass is 9.83. The molecule has 4 heterocycles. The van der Waals surface area contributed by atoms with Gasteiger partial charge in [-0.1, -0.05) is 36.4 Å². The van der Waals surface area contributed by atoms with E-state index >= 15 is 0 Å². The van der Waals surface area contributed by atoms with Crippen molar-refractivity contribution in [2.75, 3.05) is 19.6 Å². The molecule has 8 heteroatoms. The van der Waals surface area contributed by atoms with E-state index in [1.54, 1.807) is 18.2 Å². The van der Waals surface area contributed by atoms with Crippen LogP contribution in [-0.2, 0) is 16.1 Å². The zero-order valence-corrected chi connectivity index (χ0v) is 18.3. The van der Waals surface area contributed by atoms with Crippen molar-refractivity contribution in [1.82, 2.24) is 14.4 Å². The number of imide groups is 1. The number of hydrogen-bond donors (Lipinski definition) is 0. The van der Waals surface area contributed by atoms with E-state index in [1.165, 1.54) is 0 Å². The number of nitrogens with zero attached hydrogens (tertiary/aromatic N) is 3. The molecule has 0 spiro atoms. The second kappa shape index (κ2) is 8.43. The monoisotopic (exact) mass is 449 g/mol. The lowest BCUT2D eigenvalue weighted by molar-refractivity contribution is -0.134. The molecule has 0 N–H and O–H groups in total. The standard InChI is InChI=1S/C24H23N3O4S/c28-21(25-13-17-11-18(15-25)19-7-4-8-22(29)27(19)14-17)9-10-26-23(30)20(32-24(26)31)12-16-5-2-1-3-6-16/h1-8,12,17-18H,9-11,13-15H2/b20-12-/t17-,18+/m1/s1. The van der Waals surface area contributed by atoms with E-state index in [2.05, 4.69) is 0 Å². The number of carbonyl (C=O) groups is 3. The Kier molecular flexibility index (Phi) is 5.46. The minimum atomic E-state index is -0.347. The summed E-state index contributed by atoms with van der Waals surface area (Å²) in [5.74, 6) is -0.0133. The topological polar surface area (TPSA) is 79.7 Å². The quantitative estimate of drug-likeness (QED) is 0.671. The number of carbonyl (C=O) groups excluding carboxylic acids is 3. The van der Waals surface area contributed by atoms with Crippen molar-refractivity contribution in [2.45, 2.75) is 25.3 Å². The Morgan fingerprint density at radius 2 is 1.81 bits per heavy atom. The number of thioether (sulfide) groups is 1. The van der Waals surface area contributed by atoms with Gasteiger partial charge >= 0.3 is 0 Å². The van der Waals surface area contributed by atoms with Crippen LogP contribution in [0.1, 0.15) is 30.0 Å². The number of benzene rings is 1. The molecule has 32 heavy (non-hydrogen) atoms. The van der Waals surface area contributed by atoms with E-state index in [1.807, 2.05) is 45.9 Å². The van der Waals surface area contributed by atoms with E-state index in [0.717, 1.165) is 34.3 Å². The lowest BCUT2D eigenvalue weighted by Gasteiger charge is -2.42. The first-order valence-electron chi connectivity index (χ1n) is 10.8. The Labute approximate surface area is 189 Å². The van der Waals surface area contributed by atoms with Crippen LogP contribution in [0.2, 0.25) is 0 Å². The Morgan fingerprint density at radius 1 is 1.00 bits per heavy atom. The average Bonchev–Trinajstić information content (AvgIpc) is 3.05. The zero-order valence-electron chi connectivity index (χ0n) is 17.5. The first-order chi connectivity index (χ1) is 15.5. The fraction of sp³-hybridized carbons (Fsp3) is 0.333. The van der Waals surface area contributed by atoms with Crippen LogP contribution in [0.25, 0.3) is 6.08 Å². The van der Waals surface area contributed by atoms with Gasteiger partial charge in [-0.25, -0.2) is 0 Å². The van der Waals surface area contributed by atoms with Gasteiger partial charge in [-0.3, -0.25) is 24.1 Å². The van der Waals surface area contributed by atoms with Crippen molar-refractivity contribution >= 4 is 34.9 Å². The molecule has 1 aromatic carbocycles. The van der Waals surface area contributed by atoms with Gasteiger partial charge in [-0.2, -0.15) is 0 Å². The average molecular weight is 450 g/mol. The van der Waals surface area contributed by atoms with Crippen molar-refractivity contribution in [3.63, 3.8) is 0 Å². The lowest BCUT2D eigenvalue weighted by Crippen LogP contribution is -2.49. The second-order valence-corrected chi connectivity index (χ2v) is 9.48. The van der Waals surface area contributed by atoms with E-state index < -0.39 is 0 Å². The number of piperidine rings is 1. The molecule has 0 unspecified atom stereocenters. The first-order valence-corrected chi connectivity index (χ1v) is 11.6. The minimum Gasteiger partial charge on any atom is -0.342 e. The fourth-order valence-electron chi connectivity index (χ4n) is 4.86. The molecule has 2 fully saturated rings. The van der Waals surface area contributed by atoms with Gasteiger partial charge in [0.05, 0.1) is 4.91 Å². The third-order valence-electron chi connectivity index (χ3n) is 6.35. The highest BCUT2D eigenvalue weighted by Crippen LogP contribution is 2.36. The van der Waals surface area contributed by atoms with Gasteiger partial charge in [0.1, 0.15) is 0 Å². The molecule has 2 bridgehead atoms. The van der Waals surface area contributed by atoms with Gasteiger partial charge in [-0.15, -0.1) is 0 Å². The van der Waals surface area contributed by atoms with Crippen molar-refractivity contribution in [3.8, 4) is 0 Å². The molecule has 3 aliphatic rings. The summed E-state index contributed by atoms with van der Waals surface area (Å²) in [5.41, 5.74) is 1.86. The van der Waals surface area contributed by atoms with Crippen LogP contribution in [0.3, 0.4) is 0 Å². The van der Waals surface area contributed by atoms with Gasteiger partial charge in [0, 0.05) is 50.3 Å². The summed E-state index contributed by atoms with van der Waals surface area (Å²) in [6.45, 7) is 1.88. The number of hydrogen-bond acceptors (Lipinski definition) is 5. The Balaban J connectivity index is 1.23. The van der Waals surface area contributed by atoms with Crippen LogP contribution in [0, 0.1) is 5.92 Å². The predicted molar refractivity (Wildman–Crippen MR) is 122 cm³/mol. The van der Waals surface area contributed by atoms with Crippen molar-refractivity contribution < 1.29 is 14.4 Å². The highest BCUT2D eigenvalue weighted by molar-refractivity contribution is 8.18. The highest BCUT2D eigenvalue weighted by atomic mass is 32.2. The van der Waals surface area contributed by atoms with Crippen LogP contribution >= 0.6 is 11.8 Å². The smallest absolute Gasteiger partial charge is 0.293 e. The SMILES string of the molecule is O=C(CCN1C(=O)S/C(=C\c2ccccc2)C1=O)N1C[C@H]2C[C@@H](C1)c1cccc(=O)n1C2. The maximum absolute atomic E-state index is 12.9. The summed E-state index contributed by atoms with van der Waals surface area (Å²) < 4.78 is 1.83. The first kappa shape index (κ1) is 20.8. The van der Waals surface area contributed by atoms with E-state index in [4.69, 9.17) is 0 Å². The van der Waals surface area contributed by atoms with Crippen molar-refractivity contribution in [2.24, 2.45) is 5.92 Å². The maximum Gasteiger partial charge on any atom is 0.293 e. The van der Waals surface area contributed by atoms with Crippen LogP contribution in [0.5, 0.6) is 0 Å². The number of pyridine rings is 1. The molecule has 3 aliphatic heterocycles. The summed E-state index contributed by atoms with van der Waals surface area (Å²) >= 11 is 0.912. The number of rotatable bonds is 4. The largest absolute Gasteiger partial charge is 0.342 e. The third kappa shape index (κ3) is 3.90. The molecule has 0 radical (unpaired) electrons. The fourth-order valence-corrected chi connectivity index (χ4v) is 5.72. The van der Waals surface area contributed by atoms with Crippen LogP contribution < -0.4 is 5.56 Å². The molecule has 5 rings (SSSR count). The Hall–Kier alpha value is -3.13. The Morgan fingerprint density at radius 3 is 2.62 bits per heavy atom. The molecule has 3 amide bonds. The maximum atomic E-state index is 12.9. The molecule has 1 aromatic heterocycles. The zero-order chi connectivity index (χ0) is 22.2. The predicted octanol–water partition coefficient (Wildman–Crippen LogP) is 2.92. The molecular weight excluding hydrogens is 426 g/mol. The van der Waals surface area contributed by atoms with E-state index in [0.29, 0.717) is 24.5 Å². The molecule has 2 saturated heterocycles. The van der Waals surface area contributed by atoms with Gasteiger partial charge < -0.3 is 9.47 Å². The van der Waals surface area contributed by atoms with E-state index in [9.17, 15) is 19.2 Å². The number of amides is 3. The summed E-state index contributed by atoms with van der Waals surface area (Å²) in [6, 6.07) is 14.7. The van der Waals surface area contributed by atoms with Gasteiger partial charge in [0.25, 0.3) is 16.7 Å². The summed E-state index contributed by atoms with van der Waals surface area (Å²) in [4.78, 5) is 53.6.